The van der Waals surface area contributed by atoms with Gasteiger partial charge in [-0.2, -0.15) is 0 Å². The van der Waals surface area contributed by atoms with E-state index in [2.05, 4.69) is 5.32 Å². The van der Waals surface area contributed by atoms with Crippen molar-refractivity contribution in [2.24, 2.45) is 5.73 Å². The Balaban J connectivity index is 2.56. The molecule has 88 valence electrons. The van der Waals surface area contributed by atoms with Crippen LogP contribution >= 0.6 is 0 Å². The highest BCUT2D eigenvalue weighted by Crippen LogP contribution is 2.22. The molecule has 1 rings (SSSR count). The summed E-state index contributed by atoms with van der Waals surface area (Å²) in [6.07, 6.45) is 0.327. The highest BCUT2D eigenvalue weighted by molar-refractivity contribution is 5.71. The van der Waals surface area contributed by atoms with E-state index in [4.69, 9.17) is 10.5 Å². The van der Waals surface area contributed by atoms with Gasteiger partial charge in [-0.25, -0.2) is 4.79 Å². The molecule has 4 heteroatoms. The van der Waals surface area contributed by atoms with Crippen molar-refractivity contribution in [2.75, 3.05) is 13.1 Å². The Labute approximate surface area is 95.8 Å². The van der Waals surface area contributed by atoms with Crippen LogP contribution in [0.1, 0.15) is 17.5 Å². The SMILES string of the molecule is Cc1cccc(C)c1OC(=O)NCCCN. The number of benzene rings is 1. The number of nitrogens with two attached hydrogens (primary N) is 1. The quantitative estimate of drug-likeness (QED) is 0.763. The van der Waals surface area contributed by atoms with E-state index < -0.39 is 6.09 Å². The van der Waals surface area contributed by atoms with Gasteiger partial charge in [0.1, 0.15) is 5.75 Å². The van der Waals surface area contributed by atoms with Crippen molar-refractivity contribution in [3.8, 4) is 5.75 Å². The number of hydrogen-bond acceptors (Lipinski definition) is 3. The zero-order valence-electron chi connectivity index (χ0n) is 9.75. The molecule has 0 aliphatic carbocycles. The third-order valence-corrected chi connectivity index (χ3v) is 2.25. The van der Waals surface area contributed by atoms with Crippen molar-refractivity contribution in [3.63, 3.8) is 0 Å². The summed E-state index contributed by atoms with van der Waals surface area (Å²) in [5.74, 6) is 0.632. The second-order valence-corrected chi connectivity index (χ2v) is 3.68. The van der Waals surface area contributed by atoms with Crippen LogP contribution in [0.2, 0.25) is 0 Å². The standard InChI is InChI=1S/C12H18N2O2/c1-9-5-3-6-10(2)11(9)16-12(15)14-8-4-7-13/h3,5-6H,4,7-8,13H2,1-2H3,(H,14,15). The van der Waals surface area contributed by atoms with Crippen molar-refractivity contribution in [3.05, 3.63) is 29.3 Å². The minimum atomic E-state index is -0.425. The fourth-order valence-electron chi connectivity index (χ4n) is 1.38. The Hall–Kier alpha value is -1.55. The number of carbonyl (C=O) groups excluding carboxylic acids is 1. The topological polar surface area (TPSA) is 64.3 Å². The lowest BCUT2D eigenvalue weighted by Crippen LogP contribution is -2.29. The Morgan fingerprint density at radius 1 is 1.38 bits per heavy atom. The molecular weight excluding hydrogens is 204 g/mol. The first-order valence-electron chi connectivity index (χ1n) is 5.37. The first-order chi connectivity index (χ1) is 7.65. The zero-order valence-corrected chi connectivity index (χ0v) is 9.75. The van der Waals surface area contributed by atoms with Crippen molar-refractivity contribution in [2.45, 2.75) is 20.3 Å². The first kappa shape index (κ1) is 12.5. The van der Waals surface area contributed by atoms with E-state index in [-0.39, 0.29) is 0 Å². The molecule has 3 N–H and O–H groups in total. The molecule has 0 aromatic heterocycles. The van der Waals surface area contributed by atoms with Gasteiger partial charge in [-0.05, 0) is 37.9 Å². The van der Waals surface area contributed by atoms with E-state index in [0.717, 1.165) is 17.5 Å². The molecule has 16 heavy (non-hydrogen) atoms. The molecule has 0 spiro atoms. The number of ether oxygens (including phenoxy) is 1. The molecule has 0 unspecified atom stereocenters. The predicted octanol–water partition coefficient (Wildman–Crippen LogP) is 1.74. The zero-order chi connectivity index (χ0) is 12.0. The van der Waals surface area contributed by atoms with Crippen LogP contribution in [0, 0.1) is 13.8 Å². The Morgan fingerprint density at radius 2 is 2.00 bits per heavy atom. The third-order valence-electron chi connectivity index (χ3n) is 2.25. The Bertz CT molecular complexity index is 344. The number of amides is 1. The van der Waals surface area contributed by atoms with Gasteiger partial charge in [0.15, 0.2) is 0 Å². The molecule has 1 aromatic carbocycles. The predicted molar refractivity (Wildman–Crippen MR) is 63.6 cm³/mol. The molecule has 0 atom stereocenters. The van der Waals surface area contributed by atoms with Crippen molar-refractivity contribution in [1.82, 2.24) is 5.32 Å². The fraction of sp³-hybridized carbons (Fsp3) is 0.417. The van der Waals surface area contributed by atoms with Gasteiger partial charge in [0.25, 0.3) is 0 Å². The summed E-state index contributed by atoms with van der Waals surface area (Å²) < 4.78 is 5.23. The largest absolute Gasteiger partial charge is 0.412 e. The summed E-state index contributed by atoms with van der Waals surface area (Å²) in [5, 5.41) is 2.65. The van der Waals surface area contributed by atoms with Gasteiger partial charge in [-0.15, -0.1) is 0 Å². The summed E-state index contributed by atoms with van der Waals surface area (Å²) in [6.45, 7) is 4.93. The van der Waals surface area contributed by atoms with E-state index in [0.29, 0.717) is 18.8 Å². The lowest BCUT2D eigenvalue weighted by molar-refractivity contribution is 0.200. The van der Waals surface area contributed by atoms with E-state index in [1.165, 1.54) is 0 Å². The maximum Gasteiger partial charge on any atom is 0.412 e. The lowest BCUT2D eigenvalue weighted by Gasteiger charge is -2.10. The van der Waals surface area contributed by atoms with E-state index in [1.807, 2.05) is 32.0 Å². The number of rotatable bonds is 4. The average Bonchev–Trinajstić information content (AvgIpc) is 2.24. The van der Waals surface area contributed by atoms with Crippen LogP contribution in [0.4, 0.5) is 4.79 Å². The smallest absolute Gasteiger partial charge is 0.410 e. The maximum absolute atomic E-state index is 11.4. The van der Waals surface area contributed by atoms with Gasteiger partial charge < -0.3 is 15.8 Å². The number of hydrogen-bond donors (Lipinski definition) is 2. The summed E-state index contributed by atoms with van der Waals surface area (Å²) in [5.41, 5.74) is 7.23. The number of carbonyl (C=O) groups is 1. The second-order valence-electron chi connectivity index (χ2n) is 3.68. The van der Waals surface area contributed by atoms with Crippen LogP contribution in [0.3, 0.4) is 0 Å². The fourth-order valence-corrected chi connectivity index (χ4v) is 1.38. The van der Waals surface area contributed by atoms with Crippen LogP contribution in [0.15, 0.2) is 18.2 Å². The average molecular weight is 222 g/mol. The van der Waals surface area contributed by atoms with E-state index >= 15 is 0 Å². The molecule has 0 radical (unpaired) electrons. The molecule has 0 bridgehead atoms. The van der Waals surface area contributed by atoms with Crippen molar-refractivity contribution >= 4 is 6.09 Å². The summed E-state index contributed by atoms with van der Waals surface area (Å²) >= 11 is 0. The lowest BCUT2D eigenvalue weighted by atomic mass is 10.1. The molecule has 0 heterocycles. The number of para-hydroxylation sites is 1. The highest BCUT2D eigenvalue weighted by Gasteiger charge is 2.08. The van der Waals surface area contributed by atoms with Gasteiger partial charge in [0, 0.05) is 6.54 Å². The molecule has 4 nitrogen and oxygen atoms in total. The Kier molecular flexibility index (Phi) is 4.79. The van der Waals surface area contributed by atoms with E-state index in [1.54, 1.807) is 0 Å². The summed E-state index contributed by atoms with van der Waals surface area (Å²) in [7, 11) is 0. The molecule has 0 saturated carbocycles. The monoisotopic (exact) mass is 222 g/mol. The van der Waals surface area contributed by atoms with Gasteiger partial charge in [0.2, 0.25) is 0 Å². The molecule has 1 aromatic rings. The molecule has 0 aliphatic heterocycles. The van der Waals surface area contributed by atoms with Crippen LogP contribution in [-0.4, -0.2) is 19.2 Å². The van der Waals surface area contributed by atoms with Crippen molar-refractivity contribution in [1.29, 1.82) is 0 Å². The molecule has 0 saturated heterocycles. The van der Waals surface area contributed by atoms with Gasteiger partial charge >= 0.3 is 6.09 Å². The molecule has 0 aliphatic rings. The number of aryl methyl sites for hydroxylation is 2. The van der Waals surface area contributed by atoms with Crippen LogP contribution in [-0.2, 0) is 0 Å². The normalized spacial score (nSPS) is 9.94. The molecule has 0 fully saturated rings. The Morgan fingerprint density at radius 3 is 2.56 bits per heavy atom. The number of nitrogens with one attached hydrogen (secondary N) is 1. The summed E-state index contributed by atoms with van der Waals surface area (Å²) in [6, 6.07) is 5.76. The van der Waals surface area contributed by atoms with Crippen molar-refractivity contribution < 1.29 is 9.53 Å². The van der Waals surface area contributed by atoms with Crippen LogP contribution < -0.4 is 15.8 Å². The maximum atomic E-state index is 11.4. The minimum absolute atomic E-state index is 0.425. The molecule has 1 amide bonds. The minimum Gasteiger partial charge on any atom is -0.410 e. The summed E-state index contributed by atoms with van der Waals surface area (Å²) in [4.78, 5) is 11.4. The van der Waals surface area contributed by atoms with Gasteiger partial charge in [-0.1, -0.05) is 18.2 Å². The van der Waals surface area contributed by atoms with Crippen LogP contribution in [0.25, 0.3) is 0 Å². The third kappa shape index (κ3) is 3.55. The van der Waals surface area contributed by atoms with Gasteiger partial charge in [0.05, 0.1) is 0 Å². The first-order valence-corrected chi connectivity index (χ1v) is 5.37. The highest BCUT2D eigenvalue weighted by atomic mass is 16.6. The van der Waals surface area contributed by atoms with Gasteiger partial charge in [-0.3, -0.25) is 0 Å². The second kappa shape index (κ2) is 6.12. The molecular formula is C12H18N2O2. The van der Waals surface area contributed by atoms with E-state index in [9.17, 15) is 4.79 Å². The van der Waals surface area contributed by atoms with Crippen LogP contribution in [0.5, 0.6) is 5.75 Å².